The highest BCUT2D eigenvalue weighted by Gasteiger charge is 2.34. The minimum atomic E-state index is -1.71. The fourth-order valence-electron chi connectivity index (χ4n) is 3.28. The Bertz CT molecular complexity index is 1100. The molecule has 3 N–H and O–H groups in total. The maximum Gasteiger partial charge on any atom is 0.307 e. The molecular formula is C22H18F4N2O4S. The van der Waals surface area contributed by atoms with Crippen molar-refractivity contribution in [2.45, 2.75) is 17.7 Å². The van der Waals surface area contributed by atoms with Crippen LogP contribution in [-0.4, -0.2) is 28.6 Å². The highest BCUT2D eigenvalue weighted by Crippen LogP contribution is 2.29. The summed E-state index contributed by atoms with van der Waals surface area (Å²) < 4.78 is 53.9. The Morgan fingerprint density at radius 2 is 1.58 bits per heavy atom. The molecule has 1 aliphatic carbocycles. The number of aliphatic carboxylic acids is 1. The minimum absolute atomic E-state index is 0.0388. The molecule has 33 heavy (non-hydrogen) atoms. The maximum absolute atomic E-state index is 13.7. The third-order valence-electron chi connectivity index (χ3n) is 4.93. The maximum atomic E-state index is 13.7. The lowest BCUT2D eigenvalue weighted by Gasteiger charge is -2.24. The molecule has 2 atom stereocenters. The number of carboxylic acids is 1. The molecule has 0 saturated carbocycles. The van der Waals surface area contributed by atoms with Crippen molar-refractivity contribution in [2.75, 3.05) is 16.4 Å². The van der Waals surface area contributed by atoms with Gasteiger partial charge in [-0.3, -0.25) is 14.4 Å². The van der Waals surface area contributed by atoms with Gasteiger partial charge in [-0.15, -0.1) is 11.8 Å². The zero-order valence-electron chi connectivity index (χ0n) is 16.9. The highest BCUT2D eigenvalue weighted by molar-refractivity contribution is 8.00. The molecule has 0 spiro atoms. The molecule has 1 aliphatic rings. The summed E-state index contributed by atoms with van der Waals surface area (Å²) in [7, 11) is 0. The van der Waals surface area contributed by atoms with Crippen LogP contribution in [0.1, 0.15) is 12.8 Å². The summed E-state index contributed by atoms with van der Waals surface area (Å²) in [4.78, 5) is 36.5. The molecule has 2 unspecified atom stereocenters. The Morgan fingerprint density at radius 3 is 2.21 bits per heavy atom. The van der Waals surface area contributed by atoms with Crippen molar-refractivity contribution >= 4 is 40.9 Å². The standard InChI is InChI=1S/C22H18F4N2O4S/c23-15-9-16(24)19(26)20(18(15)25)28-17(29)10-33-12-5-3-4-11(8-12)27-21(30)13-6-1-2-7-14(13)22(31)32/h1-5,8-9,13-14H,6-7,10H2,(H,27,30)(H,28,29)(H,31,32). The third kappa shape index (κ3) is 5.92. The van der Waals surface area contributed by atoms with Crippen LogP contribution in [0, 0.1) is 35.1 Å². The van der Waals surface area contributed by atoms with Crippen LogP contribution in [0.2, 0.25) is 0 Å². The molecule has 3 rings (SSSR count). The van der Waals surface area contributed by atoms with Crippen LogP contribution in [0.3, 0.4) is 0 Å². The molecule has 0 aromatic heterocycles. The lowest BCUT2D eigenvalue weighted by atomic mass is 9.82. The van der Waals surface area contributed by atoms with Gasteiger partial charge in [0.2, 0.25) is 11.8 Å². The van der Waals surface area contributed by atoms with Crippen molar-refractivity contribution in [3.05, 3.63) is 65.8 Å². The Kier molecular flexibility index (Phi) is 7.75. The summed E-state index contributed by atoms with van der Waals surface area (Å²) in [5, 5.41) is 13.8. The van der Waals surface area contributed by atoms with Gasteiger partial charge in [0.1, 0.15) is 5.69 Å². The zero-order chi connectivity index (χ0) is 24.1. The lowest BCUT2D eigenvalue weighted by molar-refractivity contribution is -0.146. The van der Waals surface area contributed by atoms with Crippen molar-refractivity contribution in [1.82, 2.24) is 0 Å². The topological polar surface area (TPSA) is 95.5 Å². The van der Waals surface area contributed by atoms with Crippen molar-refractivity contribution in [3.8, 4) is 0 Å². The molecule has 2 aromatic carbocycles. The first kappa shape index (κ1) is 24.3. The van der Waals surface area contributed by atoms with E-state index in [-0.39, 0.29) is 18.2 Å². The number of anilines is 2. The number of allylic oxidation sites excluding steroid dienone is 2. The van der Waals surface area contributed by atoms with Crippen LogP contribution in [0.4, 0.5) is 28.9 Å². The first-order chi connectivity index (χ1) is 15.7. The van der Waals surface area contributed by atoms with Crippen molar-refractivity contribution < 1.29 is 37.1 Å². The molecule has 0 saturated heterocycles. The lowest BCUT2D eigenvalue weighted by Crippen LogP contribution is -2.34. The molecule has 11 heteroatoms. The van der Waals surface area contributed by atoms with Gasteiger partial charge in [0.25, 0.3) is 0 Å². The van der Waals surface area contributed by atoms with Crippen LogP contribution in [0.5, 0.6) is 0 Å². The summed E-state index contributed by atoms with van der Waals surface area (Å²) in [6.45, 7) is 0. The van der Waals surface area contributed by atoms with Gasteiger partial charge in [0, 0.05) is 16.6 Å². The van der Waals surface area contributed by atoms with E-state index in [1.807, 2.05) is 5.32 Å². The molecule has 0 bridgehead atoms. The summed E-state index contributed by atoms with van der Waals surface area (Å²) in [5.74, 6) is -11.0. The number of nitrogens with one attached hydrogen (secondary N) is 2. The van der Waals surface area contributed by atoms with Gasteiger partial charge in [-0.25, -0.2) is 17.6 Å². The summed E-state index contributed by atoms with van der Waals surface area (Å²) >= 11 is 0.949. The second kappa shape index (κ2) is 10.5. The number of hydrogen-bond donors (Lipinski definition) is 3. The Hall–Kier alpha value is -3.34. The molecule has 2 aromatic rings. The second-order valence-electron chi connectivity index (χ2n) is 7.19. The number of benzene rings is 2. The molecule has 2 amide bonds. The summed E-state index contributed by atoms with van der Waals surface area (Å²) in [5.41, 5.74) is -0.845. The second-order valence-corrected chi connectivity index (χ2v) is 8.24. The van der Waals surface area contributed by atoms with Crippen LogP contribution in [0.25, 0.3) is 0 Å². The highest BCUT2D eigenvalue weighted by atomic mass is 32.2. The molecular weight excluding hydrogens is 464 g/mol. The van der Waals surface area contributed by atoms with E-state index in [1.54, 1.807) is 30.4 Å². The van der Waals surface area contributed by atoms with E-state index < -0.39 is 58.6 Å². The Morgan fingerprint density at radius 1 is 0.939 bits per heavy atom. The predicted molar refractivity (Wildman–Crippen MR) is 114 cm³/mol. The van der Waals surface area contributed by atoms with Crippen molar-refractivity contribution in [1.29, 1.82) is 0 Å². The van der Waals surface area contributed by atoms with E-state index in [9.17, 15) is 37.1 Å². The van der Waals surface area contributed by atoms with E-state index in [0.29, 0.717) is 17.0 Å². The Labute approximate surface area is 190 Å². The van der Waals surface area contributed by atoms with Crippen molar-refractivity contribution in [3.63, 3.8) is 0 Å². The number of carbonyl (C=O) groups is 3. The number of carboxylic acid groups (broad SMARTS) is 1. The molecule has 6 nitrogen and oxygen atoms in total. The fourth-order valence-corrected chi connectivity index (χ4v) is 4.04. The first-order valence-electron chi connectivity index (χ1n) is 9.71. The number of halogens is 4. The van der Waals surface area contributed by atoms with Gasteiger partial charge in [0.05, 0.1) is 17.6 Å². The van der Waals surface area contributed by atoms with Gasteiger partial charge in [-0.05, 0) is 31.0 Å². The number of thioether (sulfide) groups is 1. The third-order valence-corrected chi connectivity index (χ3v) is 5.93. The van der Waals surface area contributed by atoms with E-state index in [4.69, 9.17) is 0 Å². The summed E-state index contributed by atoms with van der Waals surface area (Å²) in [6.07, 6.45) is 4.03. The van der Waals surface area contributed by atoms with Gasteiger partial charge in [-0.1, -0.05) is 18.2 Å². The number of hydrogen-bond acceptors (Lipinski definition) is 4. The first-order valence-corrected chi connectivity index (χ1v) is 10.7. The van der Waals surface area contributed by atoms with Gasteiger partial charge < -0.3 is 15.7 Å². The van der Waals surface area contributed by atoms with Gasteiger partial charge in [0.15, 0.2) is 23.3 Å². The Balaban J connectivity index is 1.62. The van der Waals surface area contributed by atoms with Gasteiger partial charge in [-0.2, -0.15) is 0 Å². The van der Waals surface area contributed by atoms with Crippen LogP contribution >= 0.6 is 11.8 Å². The molecule has 0 fully saturated rings. The van der Waals surface area contributed by atoms with E-state index >= 15 is 0 Å². The average molecular weight is 482 g/mol. The smallest absolute Gasteiger partial charge is 0.307 e. The quantitative estimate of drug-likeness (QED) is 0.232. The SMILES string of the molecule is O=C(CSc1cccc(NC(=O)C2CC=CCC2C(=O)O)c1)Nc1c(F)c(F)cc(F)c1F. The normalized spacial score (nSPS) is 17.5. The van der Waals surface area contributed by atoms with E-state index in [2.05, 4.69) is 5.32 Å². The monoisotopic (exact) mass is 482 g/mol. The van der Waals surface area contributed by atoms with Crippen LogP contribution in [-0.2, 0) is 14.4 Å². The number of amides is 2. The number of rotatable bonds is 7. The molecule has 0 aliphatic heterocycles. The molecule has 174 valence electrons. The number of carbonyl (C=O) groups excluding carboxylic acids is 2. The predicted octanol–water partition coefficient (Wildman–Crippen LogP) is 4.58. The largest absolute Gasteiger partial charge is 0.481 e. The van der Waals surface area contributed by atoms with Gasteiger partial charge >= 0.3 is 5.97 Å². The molecule has 0 heterocycles. The van der Waals surface area contributed by atoms with E-state index in [0.717, 1.165) is 11.8 Å². The summed E-state index contributed by atoms with van der Waals surface area (Å²) in [6, 6.07) is 6.35. The van der Waals surface area contributed by atoms with Crippen molar-refractivity contribution in [2.24, 2.45) is 11.8 Å². The van der Waals surface area contributed by atoms with Crippen LogP contribution in [0.15, 0.2) is 47.4 Å². The van der Waals surface area contributed by atoms with Crippen LogP contribution < -0.4 is 10.6 Å². The fraction of sp³-hybridized carbons (Fsp3) is 0.227. The van der Waals surface area contributed by atoms with E-state index in [1.165, 1.54) is 6.07 Å². The molecule has 0 radical (unpaired) electrons. The zero-order valence-corrected chi connectivity index (χ0v) is 17.7. The average Bonchev–Trinajstić information content (AvgIpc) is 2.79. The minimum Gasteiger partial charge on any atom is -0.481 e.